The van der Waals surface area contributed by atoms with E-state index in [4.69, 9.17) is 4.98 Å². The molecule has 5 heterocycles. The summed E-state index contributed by atoms with van der Waals surface area (Å²) < 4.78 is 0. The standard InChI is InChI=1S/C21H27N7O.ClH/c1-25(2)16-7-11-27(13-16)19-6-5-18-20(24-19)28(17-8-10-26(18)14-17)21(29)23-15-4-3-9-22-12-15;/h3-6,9,12,16-17H,7-8,10-11,13-14H2,1-2H3,(H,23,29);1H/t16?,17-;/m0./s1. The van der Waals surface area contributed by atoms with Crippen LogP contribution in [0.4, 0.5) is 27.8 Å². The molecular formula is C21H28ClN7O. The molecule has 0 spiro atoms. The third-order valence-corrected chi connectivity index (χ3v) is 6.29. The van der Waals surface area contributed by atoms with Crippen molar-refractivity contribution in [3.8, 4) is 0 Å². The van der Waals surface area contributed by atoms with Gasteiger partial charge in [0.2, 0.25) is 0 Å². The first kappa shape index (κ1) is 20.7. The Kier molecular flexibility index (Phi) is 5.71. The molecule has 2 bridgehead atoms. The molecular weight excluding hydrogens is 402 g/mol. The van der Waals surface area contributed by atoms with Crippen molar-refractivity contribution in [1.82, 2.24) is 14.9 Å². The van der Waals surface area contributed by atoms with Gasteiger partial charge in [0.05, 0.1) is 23.6 Å². The lowest BCUT2D eigenvalue weighted by Crippen LogP contribution is -2.48. The second kappa shape index (κ2) is 8.28. The number of hydrogen-bond acceptors (Lipinski definition) is 6. The Morgan fingerprint density at radius 3 is 2.70 bits per heavy atom. The number of nitrogens with one attached hydrogen (secondary N) is 1. The molecule has 2 aromatic heterocycles. The lowest BCUT2D eigenvalue weighted by molar-refractivity contribution is 0.255. The summed E-state index contributed by atoms with van der Waals surface area (Å²) in [6, 6.07) is 8.46. The van der Waals surface area contributed by atoms with E-state index in [-0.39, 0.29) is 24.5 Å². The topological polar surface area (TPSA) is 67.8 Å². The molecule has 9 heteroatoms. The van der Waals surface area contributed by atoms with Gasteiger partial charge in [-0.25, -0.2) is 9.78 Å². The molecule has 0 aliphatic carbocycles. The van der Waals surface area contributed by atoms with Crippen LogP contribution in [0.15, 0.2) is 36.7 Å². The molecule has 0 aromatic carbocycles. The molecule has 1 unspecified atom stereocenters. The van der Waals surface area contributed by atoms with Gasteiger partial charge in [-0.2, -0.15) is 0 Å². The zero-order valence-corrected chi connectivity index (χ0v) is 18.2. The van der Waals surface area contributed by atoms with Crippen molar-refractivity contribution in [3.05, 3.63) is 36.7 Å². The van der Waals surface area contributed by atoms with Gasteiger partial charge in [0.1, 0.15) is 5.82 Å². The summed E-state index contributed by atoms with van der Waals surface area (Å²) in [5, 5.41) is 2.99. The monoisotopic (exact) mass is 429 g/mol. The molecule has 3 aliphatic heterocycles. The van der Waals surface area contributed by atoms with Crippen molar-refractivity contribution in [2.24, 2.45) is 0 Å². The van der Waals surface area contributed by atoms with Crippen LogP contribution in [0.2, 0.25) is 0 Å². The highest BCUT2D eigenvalue weighted by molar-refractivity contribution is 6.04. The van der Waals surface area contributed by atoms with Crippen LogP contribution < -0.4 is 20.0 Å². The molecule has 2 fully saturated rings. The second-order valence-corrected chi connectivity index (χ2v) is 8.29. The van der Waals surface area contributed by atoms with Crippen LogP contribution in [0.1, 0.15) is 12.8 Å². The van der Waals surface area contributed by atoms with Crippen molar-refractivity contribution in [2.45, 2.75) is 24.9 Å². The first-order chi connectivity index (χ1) is 14.1. The van der Waals surface area contributed by atoms with Gasteiger partial charge in [0.25, 0.3) is 0 Å². The third kappa shape index (κ3) is 3.65. The number of carbonyl (C=O) groups is 1. The number of urea groups is 1. The van der Waals surface area contributed by atoms with Crippen molar-refractivity contribution >= 4 is 41.4 Å². The van der Waals surface area contributed by atoms with Crippen molar-refractivity contribution < 1.29 is 4.79 Å². The summed E-state index contributed by atoms with van der Waals surface area (Å²) in [7, 11) is 4.26. The Hall–Kier alpha value is -2.58. The Morgan fingerprint density at radius 1 is 1.13 bits per heavy atom. The summed E-state index contributed by atoms with van der Waals surface area (Å²) in [5.41, 5.74) is 1.75. The van der Waals surface area contributed by atoms with Crippen LogP contribution >= 0.6 is 12.4 Å². The Labute approximate surface area is 183 Å². The van der Waals surface area contributed by atoms with E-state index in [2.05, 4.69) is 51.2 Å². The number of nitrogens with zero attached hydrogens (tertiary/aromatic N) is 6. The van der Waals surface area contributed by atoms with E-state index in [9.17, 15) is 4.79 Å². The van der Waals surface area contributed by atoms with Crippen LogP contribution in [-0.4, -0.2) is 73.3 Å². The summed E-state index contributed by atoms with van der Waals surface area (Å²) in [6.45, 7) is 3.78. The van der Waals surface area contributed by atoms with Crippen LogP contribution in [0.25, 0.3) is 0 Å². The molecule has 30 heavy (non-hydrogen) atoms. The van der Waals surface area contributed by atoms with Crippen LogP contribution in [-0.2, 0) is 0 Å². The highest BCUT2D eigenvalue weighted by atomic mass is 35.5. The maximum Gasteiger partial charge on any atom is 0.327 e. The minimum Gasteiger partial charge on any atom is -0.366 e. The Morgan fingerprint density at radius 2 is 1.97 bits per heavy atom. The van der Waals surface area contributed by atoms with Gasteiger partial charge < -0.3 is 20.0 Å². The van der Waals surface area contributed by atoms with Crippen molar-refractivity contribution in [3.63, 3.8) is 0 Å². The SMILES string of the molecule is CN(C)C1CCN(c2ccc3c(n2)N(C(=O)Nc2cccnc2)[C@H]2CCN3C2)C1.Cl. The second-order valence-electron chi connectivity index (χ2n) is 8.29. The smallest absolute Gasteiger partial charge is 0.327 e. The average molecular weight is 430 g/mol. The highest BCUT2D eigenvalue weighted by Crippen LogP contribution is 2.40. The maximum atomic E-state index is 13.2. The first-order valence-electron chi connectivity index (χ1n) is 10.3. The lowest BCUT2D eigenvalue weighted by atomic mass is 10.2. The van der Waals surface area contributed by atoms with E-state index in [1.165, 1.54) is 0 Å². The van der Waals surface area contributed by atoms with Crippen LogP contribution in [0, 0.1) is 0 Å². The number of rotatable bonds is 3. The van der Waals surface area contributed by atoms with Gasteiger partial charge in [-0.15, -0.1) is 12.4 Å². The largest absolute Gasteiger partial charge is 0.366 e. The molecule has 0 radical (unpaired) electrons. The number of carbonyl (C=O) groups excluding carboxylic acids is 1. The van der Waals surface area contributed by atoms with Crippen molar-refractivity contribution in [1.29, 1.82) is 0 Å². The maximum absolute atomic E-state index is 13.2. The summed E-state index contributed by atoms with van der Waals surface area (Å²) in [6.07, 6.45) is 5.45. The van der Waals surface area contributed by atoms with Gasteiger partial charge >= 0.3 is 6.03 Å². The van der Waals surface area contributed by atoms with Gasteiger partial charge in [-0.1, -0.05) is 0 Å². The van der Waals surface area contributed by atoms with E-state index in [0.717, 1.165) is 56.3 Å². The van der Waals surface area contributed by atoms with E-state index >= 15 is 0 Å². The van der Waals surface area contributed by atoms with Crippen molar-refractivity contribution in [2.75, 3.05) is 60.3 Å². The molecule has 5 rings (SSSR count). The fraction of sp³-hybridized carbons (Fsp3) is 0.476. The fourth-order valence-corrected chi connectivity index (χ4v) is 4.63. The predicted molar refractivity (Wildman–Crippen MR) is 122 cm³/mol. The molecule has 3 aliphatic rings. The number of amides is 2. The normalized spacial score (nSPS) is 22.2. The summed E-state index contributed by atoms with van der Waals surface area (Å²) >= 11 is 0. The zero-order valence-electron chi connectivity index (χ0n) is 17.4. The van der Waals surface area contributed by atoms with Gasteiger partial charge in [-0.3, -0.25) is 9.88 Å². The van der Waals surface area contributed by atoms with E-state index in [1.54, 1.807) is 12.4 Å². The first-order valence-corrected chi connectivity index (χ1v) is 10.3. The minimum atomic E-state index is -0.136. The van der Waals surface area contributed by atoms with Gasteiger partial charge in [0.15, 0.2) is 5.82 Å². The number of halogens is 1. The van der Waals surface area contributed by atoms with Gasteiger partial charge in [-0.05, 0) is 51.2 Å². The van der Waals surface area contributed by atoms with Crippen LogP contribution in [0.5, 0.6) is 0 Å². The highest BCUT2D eigenvalue weighted by Gasteiger charge is 2.40. The third-order valence-electron chi connectivity index (χ3n) is 6.29. The lowest BCUT2D eigenvalue weighted by Gasteiger charge is -2.36. The molecule has 2 aromatic rings. The zero-order chi connectivity index (χ0) is 20.0. The molecule has 2 saturated heterocycles. The van der Waals surface area contributed by atoms with Crippen LogP contribution in [0.3, 0.4) is 0 Å². The molecule has 0 saturated carbocycles. The molecule has 1 N–H and O–H groups in total. The summed E-state index contributed by atoms with van der Waals surface area (Å²) in [4.78, 5) is 31.1. The average Bonchev–Trinajstić information content (AvgIpc) is 3.37. The van der Waals surface area contributed by atoms with E-state index < -0.39 is 0 Å². The molecule has 8 nitrogen and oxygen atoms in total. The van der Waals surface area contributed by atoms with E-state index in [1.807, 2.05) is 17.0 Å². The Bertz CT molecular complexity index is 909. The number of likely N-dealkylation sites (N-methyl/N-ethyl adjacent to an activating group) is 1. The number of pyridine rings is 2. The Balaban J connectivity index is 0.00000218. The molecule has 2 amide bonds. The fourth-order valence-electron chi connectivity index (χ4n) is 4.63. The number of aromatic nitrogens is 2. The minimum absolute atomic E-state index is 0. The predicted octanol–water partition coefficient (Wildman–Crippen LogP) is 2.67. The quantitative estimate of drug-likeness (QED) is 0.809. The number of anilines is 4. The molecule has 2 atom stereocenters. The number of fused-ring (bicyclic) bond motifs is 4. The molecule has 160 valence electrons. The van der Waals surface area contributed by atoms with Gasteiger partial charge in [0, 0.05) is 38.4 Å². The summed E-state index contributed by atoms with van der Waals surface area (Å²) in [5.74, 6) is 1.72. The number of hydrogen-bond donors (Lipinski definition) is 1. The van der Waals surface area contributed by atoms with E-state index in [0.29, 0.717) is 11.7 Å².